The van der Waals surface area contributed by atoms with Gasteiger partial charge >= 0.3 is 0 Å². The first-order valence-corrected chi connectivity index (χ1v) is 11.6. The summed E-state index contributed by atoms with van der Waals surface area (Å²) in [7, 11) is 3.42. The third-order valence-electron chi connectivity index (χ3n) is 7.15. The van der Waals surface area contributed by atoms with Crippen molar-refractivity contribution < 1.29 is 4.39 Å². The van der Waals surface area contributed by atoms with Crippen LogP contribution in [0.3, 0.4) is 0 Å². The molecule has 6 rings (SSSR count). The molecular weight excluding hydrogens is 468 g/mol. The highest BCUT2D eigenvalue weighted by atomic mass is 35.5. The average molecular weight is 490 g/mol. The Balaban J connectivity index is 1.53. The summed E-state index contributed by atoms with van der Waals surface area (Å²) >= 11 is 13.1. The molecule has 3 aromatic heterocycles. The van der Waals surface area contributed by atoms with E-state index in [0.29, 0.717) is 62.0 Å². The van der Waals surface area contributed by atoms with Crippen LogP contribution < -0.4 is 16.2 Å². The van der Waals surface area contributed by atoms with Crippen LogP contribution >= 0.6 is 23.2 Å². The minimum Gasteiger partial charge on any atom is -0.345 e. The smallest absolute Gasteiger partial charge is 0.264 e. The van der Waals surface area contributed by atoms with Crippen molar-refractivity contribution in [3.8, 4) is 11.1 Å². The van der Waals surface area contributed by atoms with E-state index in [1.807, 2.05) is 17.0 Å². The van der Waals surface area contributed by atoms with E-state index < -0.39 is 12.2 Å². The normalized spacial score (nSPS) is 25.0. The second-order valence-corrected chi connectivity index (χ2v) is 9.72. The van der Waals surface area contributed by atoms with E-state index in [2.05, 4.69) is 10.1 Å². The lowest BCUT2D eigenvalue weighted by Gasteiger charge is -2.41. The van der Waals surface area contributed by atoms with Crippen LogP contribution in [-0.2, 0) is 14.1 Å². The number of hydrogen-bond acceptors (Lipinski definition) is 5. The molecule has 0 aliphatic carbocycles. The molecule has 11 heteroatoms. The number of nitrogens with two attached hydrogens (primary N) is 1. The van der Waals surface area contributed by atoms with Gasteiger partial charge in [0.25, 0.3) is 5.56 Å². The van der Waals surface area contributed by atoms with E-state index in [1.54, 1.807) is 25.0 Å². The Labute approximate surface area is 198 Å². The first-order chi connectivity index (χ1) is 15.8. The zero-order valence-corrected chi connectivity index (χ0v) is 19.5. The Bertz CT molecular complexity index is 1490. The summed E-state index contributed by atoms with van der Waals surface area (Å²) in [6.45, 7) is 0. The zero-order valence-electron chi connectivity index (χ0n) is 18.0. The fourth-order valence-corrected chi connectivity index (χ4v) is 6.14. The standard InChI is InChI=1S/C22H22Cl2FN7O/c1-30-21(33)15-11(10-4-5-13-16(17(10)23)19(24)31(2)29-13)8-27-20(15)28-22(30)32-9-3-6-14(32)18(25)12(26)7-9/h4-5,8-9,12,14,18,27H,3,6-7,26H2,1-2H3/t9-,12-,14+,18-/m0/s1. The van der Waals surface area contributed by atoms with Gasteiger partial charge in [-0.2, -0.15) is 10.1 Å². The molecule has 5 heterocycles. The number of anilines is 1. The van der Waals surface area contributed by atoms with Crippen LogP contribution in [0.5, 0.6) is 0 Å². The Morgan fingerprint density at radius 1 is 1.18 bits per heavy atom. The minimum atomic E-state index is -1.15. The van der Waals surface area contributed by atoms with Gasteiger partial charge in [0.1, 0.15) is 17.0 Å². The summed E-state index contributed by atoms with van der Waals surface area (Å²) in [6.07, 6.45) is 2.65. The van der Waals surface area contributed by atoms with Crippen LogP contribution in [-0.4, -0.2) is 48.6 Å². The SMILES string of the molecule is Cn1nc2ccc(-c3c[nH]c4nc(N5[C@H]6CC[C@@H]5[C@@H](F)[C@@H](N)C6)n(C)c(=O)c34)c(Cl)c2c1Cl. The first kappa shape index (κ1) is 20.9. The van der Waals surface area contributed by atoms with Crippen LogP contribution in [0.25, 0.3) is 33.1 Å². The number of aromatic amines is 1. The summed E-state index contributed by atoms with van der Waals surface area (Å²) in [5.74, 6) is 0.458. The summed E-state index contributed by atoms with van der Waals surface area (Å²) in [4.78, 5) is 23.4. The van der Waals surface area contributed by atoms with Crippen LogP contribution in [0.2, 0.25) is 10.2 Å². The number of piperidine rings is 1. The van der Waals surface area contributed by atoms with Crippen molar-refractivity contribution >= 4 is 51.1 Å². The summed E-state index contributed by atoms with van der Waals surface area (Å²) in [6, 6.07) is 2.88. The molecule has 0 radical (unpaired) electrons. The van der Waals surface area contributed by atoms with Crippen molar-refractivity contribution in [2.45, 2.75) is 43.6 Å². The van der Waals surface area contributed by atoms with Gasteiger partial charge in [-0.05, 0) is 25.3 Å². The van der Waals surface area contributed by atoms with E-state index in [9.17, 15) is 9.18 Å². The molecule has 0 saturated carbocycles. The fraction of sp³-hybridized carbons (Fsp3) is 0.409. The number of rotatable bonds is 2. The number of aromatic nitrogens is 5. The van der Waals surface area contributed by atoms with Crippen molar-refractivity contribution in [1.82, 2.24) is 24.3 Å². The molecule has 4 atom stereocenters. The van der Waals surface area contributed by atoms with Gasteiger partial charge in [-0.15, -0.1) is 0 Å². The summed E-state index contributed by atoms with van der Waals surface area (Å²) in [5, 5.41) is 6.24. The number of benzene rings is 1. The largest absolute Gasteiger partial charge is 0.345 e. The monoisotopic (exact) mass is 489 g/mol. The maximum Gasteiger partial charge on any atom is 0.264 e. The molecule has 8 nitrogen and oxygen atoms in total. The summed E-state index contributed by atoms with van der Waals surface area (Å²) < 4.78 is 17.9. The second kappa shape index (κ2) is 7.19. The topological polar surface area (TPSA) is 97.8 Å². The zero-order chi connectivity index (χ0) is 23.2. The Morgan fingerprint density at radius 2 is 1.97 bits per heavy atom. The molecule has 4 aromatic rings. The van der Waals surface area contributed by atoms with Crippen LogP contribution in [0.1, 0.15) is 19.3 Å². The lowest BCUT2D eigenvalue weighted by Crippen LogP contribution is -2.56. The predicted octanol–water partition coefficient (Wildman–Crippen LogP) is 3.53. The molecule has 0 unspecified atom stereocenters. The third-order valence-corrected chi connectivity index (χ3v) is 7.97. The number of halogens is 3. The number of alkyl halides is 1. The molecule has 1 aromatic carbocycles. The van der Waals surface area contributed by atoms with Gasteiger partial charge in [0.15, 0.2) is 0 Å². The van der Waals surface area contributed by atoms with Crippen molar-refractivity contribution in [3.05, 3.63) is 38.9 Å². The molecule has 0 amide bonds. The minimum absolute atomic E-state index is 0.0755. The maximum atomic E-state index is 14.9. The van der Waals surface area contributed by atoms with Gasteiger partial charge in [-0.3, -0.25) is 14.0 Å². The van der Waals surface area contributed by atoms with Crippen molar-refractivity contribution in [2.75, 3.05) is 4.90 Å². The predicted molar refractivity (Wildman–Crippen MR) is 128 cm³/mol. The molecule has 0 spiro atoms. The molecule has 2 bridgehead atoms. The van der Waals surface area contributed by atoms with Crippen molar-refractivity contribution in [1.29, 1.82) is 0 Å². The van der Waals surface area contributed by atoms with Gasteiger partial charge < -0.3 is 15.6 Å². The van der Waals surface area contributed by atoms with Crippen LogP contribution in [0.15, 0.2) is 23.1 Å². The number of nitrogens with zero attached hydrogens (tertiary/aromatic N) is 5. The number of aryl methyl sites for hydroxylation is 1. The third kappa shape index (κ3) is 2.82. The number of fused-ring (bicyclic) bond motifs is 4. The van der Waals surface area contributed by atoms with Crippen LogP contribution in [0.4, 0.5) is 10.3 Å². The van der Waals surface area contributed by atoms with Gasteiger partial charge in [0, 0.05) is 43.5 Å². The molecule has 2 aliphatic heterocycles. The molecule has 33 heavy (non-hydrogen) atoms. The quantitative estimate of drug-likeness (QED) is 0.448. The molecule has 2 fully saturated rings. The average Bonchev–Trinajstić information content (AvgIpc) is 3.44. The Kier molecular flexibility index (Phi) is 4.56. The molecule has 2 aliphatic rings. The Morgan fingerprint density at radius 3 is 2.76 bits per heavy atom. The van der Waals surface area contributed by atoms with Crippen molar-refractivity contribution in [2.24, 2.45) is 19.8 Å². The highest BCUT2D eigenvalue weighted by molar-refractivity contribution is 6.43. The van der Waals surface area contributed by atoms with Crippen molar-refractivity contribution in [3.63, 3.8) is 0 Å². The highest BCUT2D eigenvalue weighted by Crippen LogP contribution is 2.41. The second-order valence-electron chi connectivity index (χ2n) is 8.99. The van der Waals surface area contributed by atoms with Gasteiger partial charge in [-0.1, -0.05) is 29.3 Å². The molecule has 3 N–H and O–H groups in total. The van der Waals surface area contributed by atoms with Gasteiger partial charge in [0.2, 0.25) is 5.95 Å². The van der Waals surface area contributed by atoms with Gasteiger partial charge in [0.05, 0.1) is 27.4 Å². The molecular formula is C22H22Cl2FN7O. The Hall–Kier alpha value is -2.62. The van der Waals surface area contributed by atoms with E-state index in [-0.39, 0.29) is 17.6 Å². The number of H-pyrrole nitrogens is 1. The van der Waals surface area contributed by atoms with E-state index in [4.69, 9.17) is 33.9 Å². The lowest BCUT2D eigenvalue weighted by molar-refractivity contribution is 0.202. The van der Waals surface area contributed by atoms with Gasteiger partial charge in [-0.25, -0.2) is 4.39 Å². The van der Waals surface area contributed by atoms with Crippen LogP contribution in [0, 0.1) is 0 Å². The molecule has 2 saturated heterocycles. The maximum absolute atomic E-state index is 14.9. The first-order valence-electron chi connectivity index (χ1n) is 10.8. The lowest BCUT2D eigenvalue weighted by atomic mass is 9.96. The van der Waals surface area contributed by atoms with E-state index in [1.165, 1.54) is 4.57 Å². The molecule has 172 valence electrons. The fourth-order valence-electron chi connectivity index (χ4n) is 5.51. The number of hydrogen-bond donors (Lipinski definition) is 2. The van der Waals surface area contributed by atoms with E-state index >= 15 is 0 Å². The number of nitrogens with one attached hydrogen (secondary N) is 1. The highest BCUT2D eigenvalue weighted by Gasteiger charge is 2.48. The summed E-state index contributed by atoms with van der Waals surface area (Å²) in [5.41, 5.74) is 8.16. The van der Waals surface area contributed by atoms with E-state index in [0.717, 1.165) is 6.42 Å².